The molecule has 4 heteroatoms. The smallest absolute Gasteiger partial charge is 0.315 e. The van der Waals surface area contributed by atoms with E-state index in [1.807, 2.05) is 0 Å². The molecule has 0 aromatic carbocycles. The summed E-state index contributed by atoms with van der Waals surface area (Å²) >= 11 is 0. The molecule has 2 rings (SSSR count). The third kappa shape index (κ3) is 3.87. The molecule has 3 N–H and O–H groups in total. The zero-order valence-electron chi connectivity index (χ0n) is 10.5. The highest BCUT2D eigenvalue weighted by atomic mass is 16.3. The van der Waals surface area contributed by atoms with Gasteiger partial charge in [0.15, 0.2) is 0 Å². The van der Waals surface area contributed by atoms with Crippen LogP contribution in [0.3, 0.4) is 0 Å². The van der Waals surface area contributed by atoms with Crippen LogP contribution in [-0.2, 0) is 0 Å². The summed E-state index contributed by atoms with van der Waals surface area (Å²) < 4.78 is 0. The standard InChI is InChI=1S/C13H24N2O2/c16-12-9-5-4-8-11(12)15-13(17)14-10-6-2-1-3-7-10/h10-12,16H,1-9H2,(H2,14,15,17)/t11-,12+/m0/s1. The molecule has 0 aromatic heterocycles. The van der Waals surface area contributed by atoms with Crippen LogP contribution in [0.15, 0.2) is 0 Å². The minimum absolute atomic E-state index is 0.0488. The second kappa shape index (κ2) is 6.24. The minimum atomic E-state index is -0.360. The first-order valence-electron chi connectivity index (χ1n) is 7.01. The van der Waals surface area contributed by atoms with Crippen molar-refractivity contribution in [3.05, 3.63) is 0 Å². The number of hydrogen-bond donors (Lipinski definition) is 3. The summed E-state index contributed by atoms with van der Waals surface area (Å²) in [4.78, 5) is 11.8. The summed E-state index contributed by atoms with van der Waals surface area (Å²) in [5, 5.41) is 15.7. The molecular formula is C13H24N2O2. The molecule has 2 aliphatic carbocycles. The summed E-state index contributed by atoms with van der Waals surface area (Å²) in [6.07, 6.45) is 9.46. The Hall–Kier alpha value is -0.770. The van der Waals surface area contributed by atoms with Gasteiger partial charge in [-0.25, -0.2) is 4.79 Å². The van der Waals surface area contributed by atoms with Gasteiger partial charge in [-0.2, -0.15) is 0 Å². The van der Waals surface area contributed by atoms with Gasteiger partial charge in [0.25, 0.3) is 0 Å². The van der Waals surface area contributed by atoms with Crippen molar-refractivity contribution in [2.45, 2.75) is 76.0 Å². The van der Waals surface area contributed by atoms with Gasteiger partial charge in [-0.3, -0.25) is 0 Å². The number of urea groups is 1. The molecule has 0 bridgehead atoms. The van der Waals surface area contributed by atoms with Gasteiger partial charge in [0, 0.05) is 6.04 Å². The maximum absolute atomic E-state index is 11.8. The highest BCUT2D eigenvalue weighted by Crippen LogP contribution is 2.19. The Morgan fingerprint density at radius 2 is 1.53 bits per heavy atom. The molecule has 0 spiro atoms. The first-order valence-corrected chi connectivity index (χ1v) is 7.01. The van der Waals surface area contributed by atoms with Gasteiger partial charge in [0.05, 0.1) is 12.1 Å². The number of nitrogens with one attached hydrogen (secondary N) is 2. The van der Waals surface area contributed by atoms with Crippen LogP contribution in [0.1, 0.15) is 57.8 Å². The first-order chi connectivity index (χ1) is 8.25. The Balaban J connectivity index is 1.72. The molecule has 0 saturated heterocycles. The Labute approximate surface area is 103 Å². The number of aliphatic hydroxyl groups excluding tert-OH is 1. The molecular weight excluding hydrogens is 216 g/mol. The number of carbonyl (C=O) groups is 1. The SMILES string of the molecule is O=C(NC1CCCCC1)N[C@H]1CCCC[C@H]1O. The first kappa shape index (κ1) is 12.7. The van der Waals surface area contributed by atoms with E-state index in [9.17, 15) is 9.90 Å². The van der Waals surface area contributed by atoms with Crippen LogP contribution in [0.5, 0.6) is 0 Å². The highest BCUT2D eigenvalue weighted by molar-refractivity contribution is 5.74. The molecule has 0 radical (unpaired) electrons. The molecule has 17 heavy (non-hydrogen) atoms. The van der Waals surface area contributed by atoms with Crippen molar-refractivity contribution in [1.29, 1.82) is 0 Å². The van der Waals surface area contributed by atoms with Crippen molar-refractivity contribution in [3.63, 3.8) is 0 Å². The van der Waals surface area contributed by atoms with Gasteiger partial charge in [0.1, 0.15) is 0 Å². The fourth-order valence-electron chi connectivity index (χ4n) is 2.92. The Morgan fingerprint density at radius 1 is 0.882 bits per heavy atom. The van der Waals surface area contributed by atoms with Crippen LogP contribution in [0.4, 0.5) is 4.79 Å². The lowest BCUT2D eigenvalue weighted by Gasteiger charge is -2.30. The molecule has 2 atom stereocenters. The zero-order valence-corrected chi connectivity index (χ0v) is 10.5. The van der Waals surface area contributed by atoms with Crippen molar-refractivity contribution in [2.75, 3.05) is 0 Å². The fraction of sp³-hybridized carbons (Fsp3) is 0.923. The van der Waals surface area contributed by atoms with Gasteiger partial charge in [-0.05, 0) is 25.7 Å². The minimum Gasteiger partial charge on any atom is -0.391 e. The van der Waals surface area contributed by atoms with E-state index in [1.165, 1.54) is 19.3 Å². The fourth-order valence-corrected chi connectivity index (χ4v) is 2.92. The predicted molar refractivity (Wildman–Crippen MR) is 66.8 cm³/mol. The molecule has 4 nitrogen and oxygen atoms in total. The van der Waals surface area contributed by atoms with E-state index < -0.39 is 0 Å². The zero-order chi connectivity index (χ0) is 12.1. The topological polar surface area (TPSA) is 61.4 Å². The molecule has 2 aliphatic rings. The maximum atomic E-state index is 11.8. The second-order valence-electron chi connectivity index (χ2n) is 5.41. The number of hydrogen-bond acceptors (Lipinski definition) is 2. The van der Waals surface area contributed by atoms with E-state index in [0.717, 1.165) is 38.5 Å². The summed E-state index contributed by atoms with van der Waals surface area (Å²) in [5.74, 6) is 0. The van der Waals surface area contributed by atoms with E-state index >= 15 is 0 Å². The van der Waals surface area contributed by atoms with Gasteiger partial charge >= 0.3 is 6.03 Å². The van der Waals surface area contributed by atoms with Gasteiger partial charge in [-0.15, -0.1) is 0 Å². The summed E-state index contributed by atoms with van der Waals surface area (Å²) in [7, 11) is 0. The molecule has 0 heterocycles. The van der Waals surface area contributed by atoms with E-state index in [-0.39, 0.29) is 18.2 Å². The van der Waals surface area contributed by atoms with Crippen LogP contribution in [-0.4, -0.2) is 29.3 Å². The van der Waals surface area contributed by atoms with Crippen molar-refractivity contribution in [2.24, 2.45) is 0 Å². The third-order valence-electron chi connectivity index (χ3n) is 3.99. The quantitative estimate of drug-likeness (QED) is 0.690. The number of rotatable bonds is 2. The highest BCUT2D eigenvalue weighted by Gasteiger charge is 2.25. The Bertz CT molecular complexity index is 252. The Kier molecular flexibility index (Phi) is 4.66. The largest absolute Gasteiger partial charge is 0.391 e. The molecule has 0 aliphatic heterocycles. The number of carbonyl (C=O) groups excluding carboxylic acids is 1. The van der Waals surface area contributed by atoms with Crippen molar-refractivity contribution >= 4 is 6.03 Å². The van der Waals surface area contributed by atoms with Crippen LogP contribution in [0.25, 0.3) is 0 Å². The normalized spacial score (nSPS) is 30.9. The van der Waals surface area contributed by atoms with E-state index in [1.54, 1.807) is 0 Å². The lowest BCUT2D eigenvalue weighted by atomic mass is 9.92. The van der Waals surface area contributed by atoms with Gasteiger partial charge < -0.3 is 15.7 Å². The second-order valence-corrected chi connectivity index (χ2v) is 5.41. The van der Waals surface area contributed by atoms with E-state index in [0.29, 0.717) is 6.04 Å². The Morgan fingerprint density at radius 3 is 2.24 bits per heavy atom. The maximum Gasteiger partial charge on any atom is 0.315 e. The van der Waals surface area contributed by atoms with E-state index in [2.05, 4.69) is 10.6 Å². The van der Waals surface area contributed by atoms with Gasteiger partial charge in [-0.1, -0.05) is 32.1 Å². The summed E-state index contributed by atoms with van der Waals surface area (Å²) in [6.45, 7) is 0. The molecule has 2 amide bonds. The molecule has 2 fully saturated rings. The van der Waals surface area contributed by atoms with Crippen molar-refractivity contribution in [1.82, 2.24) is 10.6 Å². The lowest BCUT2D eigenvalue weighted by molar-refractivity contribution is 0.0938. The molecule has 98 valence electrons. The monoisotopic (exact) mass is 240 g/mol. The average molecular weight is 240 g/mol. The summed E-state index contributed by atoms with van der Waals surface area (Å²) in [6, 6.07) is 0.194. The summed E-state index contributed by atoms with van der Waals surface area (Å²) in [5.41, 5.74) is 0. The van der Waals surface area contributed by atoms with Crippen LogP contribution in [0.2, 0.25) is 0 Å². The number of amides is 2. The van der Waals surface area contributed by atoms with Crippen LogP contribution >= 0.6 is 0 Å². The predicted octanol–water partition coefficient (Wildman–Crippen LogP) is 1.92. The lowest BCUT2D eigenvalue weighted by Crippen LogP contribution is -2.51. The van der Waals surface area contributed by atoms with E-state index in [4.69, 9.17) is 0 Å². The van der Waals surface area contributed by atoms with Crippen LogP contribution < -0.4 is 10.6 Å². The van der Waals surface area contributed by atoms with Crippen LogP contribution in [0, 0.1) is 0 Å². The van der Waals surface area contributed by atoms with Gasteiger partial charge in [0.2, 0.25) is 0 Å². The molecule has 0 aromatic rings. The van der Waals surface area contributed by atoms with Crippen molar-refractivity contribution in [3.8, 4) is 0 Å². The van der Waals surface area contributed by atoms with Crippen molar-refractivity contribution < 1.29 is 9.90 Å². The number of aliphatic hydroxyl groups is 1. The molecule has 2 saturated carbocycles. The third-order valence-corrected chi connectivity index (χ3v) is 3.99. The molecule has 0 unspecified atom stereocenters. The average Bonchev–Trinajstić information content (AvgIpc) is 2.33.